The Morgan fingerprint density at radius 1 is 0.857 bits per heavy atom. The number of allylic oxidation sites excluding steroid dienone is 1. The lowest BCUT2D eigenvalue weighted by molar-refractivity contribution is 1.31. The van der Waals surface area contributed by atoms with Crippen LogP contribution in [0.1, 0.15) is 16.8 Å². The van der Waals surface area contributed by atoms with Crippen molar-refractivity contribution in [3.8, 4) is 0 Å². The third-order valence-corrected chi connectivity index (χ3v) is 4.56. The van der Waals surface area contributed by atoms with Crippen LogP contribution in [0.5, 0.6) is 0 Å². The third-order valence-electron chi connectivity index (χ3n) is 3.87. The van der Waals surface area contributed by atoms with Crippen LogP contribution in [0, 0.1) is 0 Å². The van der Waals surface area contributed by atoms with Gasteiger partial charge in [-0.05, 0) is 47.9 Å². The van der Waals surface area contributed by atoms with Crippen LogP contribution in [0.2, 0.25) is 10.0 Å². The van der Waals surface area contributed by atoms with Gasteiger partial charge in [0.05, 0.1) is 11.2 Å². The molecule has 1 heterocycles. The first-order valence-corrected chi connectivity index (χ1v) is 7.53. The highest BCUT2D eigenvalue weighted by Gasteiger charge is 2.18. The Balaban J connectivity index is 1.88. The van der Waals surface area contributed by atoms with Crippen molar-refractivity contribution in [2.45, 2.75) is 6.42 Å². The number of benzene rings is 2. The molecule has 21 heavy (non-hydrogen) atoms. The summed E-state index contributed by atoms with van der Waals surface area (Å²) in [4.78, 5) is 4.75. The van der Waals surface area contributed by atoms with Crippen LogP contribution in [-0.4, -0.2) is 4.98 Å². The summed E-state index contributed by atoms with van der Waals surface area (Å²) in [5.41, 5.74) is 5.38. The van der Waals surface area contributed by atoms with Gasteiger partial charge in [-0.3, -0.25) is 0 Å². The molecule has 1 aromatic heterocycles. The highest BCUT2D eigenvalue weighted by atomic mass is 35.5. The number of fused-ring (bicyclic) bond motifs is 2. The van der Waals surface area contributed by atoms with E-state index in [1.807, 2.05) is 42.5 Å². The molecular weight excluding hydrogens is 301 g/mol. The molecule has 0 saturated heterocycles. The van der Waals surface area contributed by atoms with Gasteiger partial charge in [0.2, 0.25) is 0 Å². The summed E-state index contributed by atoms with van der Waals surface area (Å²) in [6.07, 6.45) is 3.05. The summed E-state index contributed by atoms with van der Waals surface area (Å²) in [5.74, 6) is 0. The van der Waals surface area contributed by atoms with Gasteiger partial charge in [-0.25, -0.2) is 4.98 Å². The van der Waals surface area contributed by atoms with E-state index in [9.17, 15) is 0 Å². The zero-order valence-corrected chi connectivity index (χ0v) is 12.6. The average molecular weight is 312 g/mol. The van der Waals surface area contributed by atoms with Gasteiger partial charge in [0.25, 0.3) is 0 Å². The number of rotatable bonds is 1. The first-order chi connectivity index (χ1) is 10.2. The molecule has 3 heteroatoms. The van der Waals surface area contributed by atoms with Crippen LogP contribution < -0.4 is 0 Å². The Labute approximate surface area is 132 Å². The van der Waals surface area contributed by atoms with E-state index in [1.165, 1.54) is 11.1 Å². The molecule has 0 N–H and O–H groups in total. The first-order valence-electron chi connectivity index (χ1n) is 6.77. The Hall–Kier alpha value is -1.83. The number of nitrogens with zero attached hydrogens (tertiary/aromatic N) is 1. The van der Waals surface area contributed by atoms with Crippen molar-refractivity contribution < 1.29 is 0 Å². The third kappa shape index (κ3) is 2.05. The Morgan fingerprint density at radius 3 is 2.57 bits per heavy atom. The highest BCUT2D eigenvalue weighted by molar-refractivity contribution is 6.35. The van der Waals surface area contributed by atoms with E-state index >= 15 is 0 Å². The van der Waals surface area contributed by atoms with Crippen molar-refractivity contribution in [3.63, 3.8) is 0 Å². The van der Waals surface area contributed by atoms with Gasteiger partial charge in [-0.15, -0.1) is 0 Å². The minimum Gasteiger partial charge on any atom is -0.248 e. The molecule has 0 bridgehead atoms. The van der Waals surface area contributed by atoms with Gasteiger partial charge < -0.3 is 0 Å². The summed E-state index contributed by atoms with van der Waals surface area (Å²) < 4.78 is 0. The molecule has 1 aliphatic carbocycles. The molecule has 4 rings (SSSR count). The molecule has 102 valence electrons. The maximum absolute atomic E-state index is 6.27. The molecule has 0 saturated carbocycles. The molecular formula is C18H11Cl2N. The quantitative estimate of drug-likeness (QED) is 0.576. The molecule has 0 amide bonds. The summed E-state index contributed by atoms with van der Waals surface area (Å²) in [6.45, 7) is 0. The Bertz CT molecular complexity index is 897. The van der Waals surface area contributed by atoms with E-state index in [0.717, 1.165) is 38.6 Å². The Kier molecular flexibility index (Phi) is 2.99. The molecule has 0 fully saturated rings. The van der Waals surface area contributed by atoms with Crippen LogP contribution in [0.15, 0.2) is 54.6 Å². The molecule has 3 aromatic rings. The second kappa shape index (κ2) is 4.87. The molecule has 0 atom stereocenters. The number of aromatic nitrogens is 1. The van der Waals surface area contributed by atoms with Gasteiger partial charge in [0.1, 0.15) is 0 Å². The van der Waals surface area contributed by atoms with Crippen LogP contribution >= 0.6 is 23.2 Å². The predicted octanol–water partition coefficient (Wildman–Crippen LogP) is 5.53. The van der Waals surface area contributed by atoms with E-state index in [-0.39, 0.29) is 0 Å². The fourth-order valence-electron chi connectivity index (χ4n) is 2.84. The standard InChI is InChI=1S/C18H11Cl2N/c19-15-4-1-3-11-12(15)7-8-13(11)18-10-9-14-16(20)5-2-6-17(14)21-18/h1-6,8-10H,7H2. The fraction of sp³-hybridized carbons (Fsp3) is 0.0556. The monoisotopic (exact) mass is 311 g/mol. The molecule has 0 unspecified atom stereocenters. The van der Waals surface area contributed by atoms with E-state index < -0.39 is 0 Å². The lowest BCUT2D eigenvalue weighted by Gasteiger charge is -2.08. The van der Waals surface area contributed by atoms with Gasteiger partial charge in [0, 0.05) is 21.0 Å². The zero-order valence-electron chi connectivity index (χ0n) is 11.1. The molecule has 0 radical (unpaired) electrons. The van der Waals surface area contributed by atoms with Crippen LogP contribution in [0.25, 0.3) is 16.5 Å². The minimum atomic E-state index is 0.732. The normalized spacial score (nSPS) is 13.3. The van der Waals surface area contributed by atoms with E-state index in [0.29, 0.717) is 0 Å². The highest BCUT2D eigenvalue weighted by Crippen LogP contribution is 2.36. The summed E-state index contributed by atoms with van der Waals surface area (Å²) in [5, 5.41) is 2.53. The first kappa shape index (κ1) is 12.9. The van der Waals surface area contributed by atoms with Crippen molar-refractivity contribution in [1.82, 2.24) is 4.98 Å². The number of hydrogen-bond acceptors (Lipinski definition) is 1. The maximum atomic E-state index is 6.27. The zero-order chi connectivity index (χ0) is 14.4. The molecule has 0 aliphatic heterocycles. The maximum Gasteiger partial charge on any atom is 0.0724 e. The van der Waals surface area contributed by atoms with Crippen molar-refractivity contribution in [2.24, 2.45) is 0 Å². The van der Waals surface area contributed by atoms with Crippen molar-refractivity contribution in [2.75, 3.05) is 0 Å². The largest absolute Gasteiger partial charge is 0.248 e. The van der Waals surface area contributed by atoms with E-state index in [2.05, 4.69) is 12.1 Å². The summed E-state index contributed by atoms with van der Waals surface area (Å²) in [7, 11) is 0. The summed E-state index contributed by atoms with van der Waals surface area (Å²) in [6, 6.07) is 15.9. The van der Waals surface area contributed by atoms with Crippen molar-refractivity contribution in [3.05, 3.63) is 81.5 Å². The second-order valence-electron chi connectivity index (χ2n) is 5.09. The average Bonchev–Trinajstić information content (AvgIpc) is 2.92. The lowest BCUT2D eigenvalue weighted by atomic mass is 10.0. The van der Waals surface area contributed by atoms with Gasteiger partial charge in [-0.2, -0.15) is 0 Å². The van der Waals surface area contributed by atoms with Gasteiger partial charge in [0.15, 0.2) is 0 Å². The van der Waals surface area contributed by atoms with Gasteiger partial charge in [-0.1, -0.05) is 47.5 Å². The minimum absolute atomic E-state index is 0.732. The fourth-order valence-corrected chi connectivity index (χ4v) is 3.33. The van der Waals surface area contributed by atoms with Crippen LogP contribution in [-0.2, 0) is 6.42 Å². The second-order valence-corrected chi connectivity index (χ2v) is 5.91. The van der Waals surface area contributed by atoms with E-state index in [1.54, 1.807) is 0 Å². The topological polar surface area (TPSA) is 12.9 Å². The molecule has 1 aliphatic rings. The smallest absolute Gasteiger partial charge is 0.0724 e. The van der Waals surface area contributed by atoms with Crippen molar-refractivity contribution in [1.29, 1.82) is 0 Å². The van der Waals surface area contributed by atoms with Gasteiger partial charge >= 0.3 is 0 Å². The number of hydrogen-bond donors (Lipinski definition) is 0. The molecule has 0 spiro atoms. The lowest BCUT2D eigenvalue weighted by Crippen LogP contribution is -1.92. The number of halogens is 2. The molecule has 2 aromatic carbocycles. The summed E-state index contributed by atoms with van der Waals surface area (Å²) >= 11 is 12.5. The van der Waals surface area contributed by atoms with Crippen LogP contribution in [0.3, 0.4) is 0 Å². The Morgan fingerprint density at radius 2 is 1.67 bits per heavy atom. The molecule has 1 nitrogen and oxygen atoms in total. The number of pyridine rings is 1. The van der Waals surface area contributed by atoms with Crippen molar-refractivity contribution >= 4 is 39.7 Å². The van der Waals surface area contributed by atoms with Crippen LogP contribution in [0.4, 0.5) is 0 Å². The van der Waals surface area contributed by atoms with E-state index in [4.69, 9.17) is 28.2 Å². The predicted molar refractivity (Wildman–Crippen MR) is 89.0 cm³/mol. The SMILES string of the molecule is Clc1cccc2c1CC=C2c1ccc2c(Cl)cccc2n1.